The quantitative estimate of drug-likeness (QED) is 0.476. The summed E-state index contributed by atoms with van der Waals surface area (Å²) in [6, 6.07) is 16.2. The molecule has 0 saturated heterocycles. The van der Waals surface area contributed by atoms with Crippen LogP contribution in [-0.4, -0.2) is 33.7 Å². The Bertz CT molecular complexity index is 775. The zero-order valence-electron chi connectivity index (χ0n) is 13.4. The number of thioether (sulfide) groups is 1. The fourth-order valence-corrected chi connectivity index (χ4v) is 3.10. The molecule has 0 amide bonds. The average Bonchev–Trinajstić information content (AvgIpc) is 3.04. The van der Waals surface area contributed by atoms with E-state index in [1.807, 2.05) is 41.8 Å². The van der Waals surface area contributed by atoms with Gasteiger partial charge in [0.15, 0.2) is 11.0 Å². The third kappa shape index (κ3) is 3.83. The van der Waals surface area contributed by atoms with Crippen molar-refractivity contribution in [3.05, 3.63) is 60.4 Å². The van der Waals surface area contributed by atoms with Gasteiger partial charge in [-0.25, -0.2) is 4.39 Å². The van der Waals surface area contributed by atoms with Crippen LogP contribution in [0.1, 0.15) is 6.92 Å². The Morgan fingerprint density at radius 1 is 1.04 bits per heavy atom. The highest BCUT2D eigenvalue weighted by atomic mass is 32.2. The first-order valence-corrected chi connectivity index (χ1v) is 8.75. The Labute approximate surface area is 144 Å². The van der Waals surface area contributed by atoms with Crippen LogP contribution in [0.25, 0.3) is 17.1 Å². The van der Waals surface area contributed by atoms with Crippen LogP contribution in [0.3, 0.4) is 0 Å². The van der Waals surface area contributed by atoms with Crippen LogP contribution in [0.5, 0.6) is 0 Å². The molecule has 0 aliphatic carbocycles. The molecule has 0 radical (unpaired) electrons. The zero-order valence-corrected chi connectivity index (χ0v) is 14.2. The SMILES string of the molecule is CCOCCSc1nnc(-c2ccccc2)n1-c1ccc(F)cc1. The second-order valence-electron chi connectivity index (χ2n) is 5.03. The topological polar surface area (TPSA) is 39.9 Å². The Morgan fingerprint density at radius 3 is 2.50 bits per heavy atom. The maximum atomic E-state index is 13.3. The van der Waals surface area contributed by atoms with Crippen molar-refractivity contribution < 1.29 is 9.13 Å². The number of hydrogen-bond acceptors (Lipinski definition) is 4. The largest absolute Gasteiger partial charge is 0.381 e. The molecule has 0 unspecified atom stereocenters. The van der Waals surface area contributed by atoms with E-state index in [1.165, 1.54) is 12.1 Å². The first kappa shape index (κ1) is 16.7. The van der Waals surface area contributed by atoms with E-state index in [9.17, 15) is 4.39 Å². The number of aromatic nitrogens is 3. The van der Waals surface area contributed by atoms with E-state index >= 15 is 0 Å². The number of halogens is 1. The van der Waals surface area contributed by atoms with Gasteiger partial charge in [0.25, 0.3) is 0 Å². The normalized spacial score (nSPS) is 10.9. The van der Waals surface area contributed by atoms with E-state index < -0.39 is 0 Å². The van der Waals surface area contributed by atoms with Crippen molar-refractivity contribution in [2.75, 3.05) is 19.0 Å². The third-order valence-electron chi connectivity index (χ3n) is 3.41. The summed E-state index contributed by atoms with van der Waals surface area (Å²) in [5.41, 5.74) is 1.80. The van der Waals surface area contributed by atoms with Crippen molar-refractivity contribution in [2.45, 2.75) is 12.1 Å². The van der Waals surface area contributed by atoms with Crippen LogP contribution in [0, 0.1) is 5.82 Å². The molecule has 0 aliphatic heterocycles. The summed E-state index contributed by atoms with van der Waals surface area (Å²) in [5, 5.41) is 9.42. The van der Waals surface area contributed by atoms with Crippen LogP contribution >= 0.6 is 11.8 Å². The van der Waals surface area contributed by atoms with Crippen LogP contribution < -0.4 is 0 Å². The van der Waals surface area contributed by atoms with Gasteiger partial charge in [-0.2, -0.15) is 0 Å². The molecule has 6 heteroatoms. The summed E-state index contributed by atoms with van der Waals surface area (Å²) in [5.74, 6) is 1.25. The van der Waals surface area contributed by atoms with Gasteiger partial charge < -0.3 is 4.74 Å². The molecule has 24 heavy (non-hydrogen) atoms. The highest BCUT2D eigenvalue weighted by molar-refractivity contribution is 7.99. The van der Waals surface area contributed by atoms with Crippen molar-refractivity contribution in [3.63, 3.8) is 0 Å². The van der Waals surface area contributed by atoms with E-state index in [1.54, 1.807) is 23.9 Å². The number of hydrogen-bond donors (Lipinski definition) is 0. The molecule has 0 saturated carbocycles. The Kier molecular flexibility index (Phi) is 5.61. The Balaban J connectivity index is 1.97. The molecule has 0 fully saturated rings. The van der Waals surface area contributed by atoms with Gasteiger partial charge in [-0.1, -0.05) is 42.1 Å². The summed E-state index contributed by atoms with van der Waals surface area (Å²) in [7, 11) is 0. The lowest BCUT2D eigenvalue weighted by molar-refractivity contribution is 0.164. The minimum Gasteiger partial charge on any atom is -0.381 e. The molecule has 0 N–H and O–H groups in total. The predicted molar refractivity (Wildman–Crippen MR) is 94.0 cm³/mol. The molecule has 0 aliphatic rings. The fraction of sp³-hybridized carbons (Fsp3) is 0.222. The second kappa shape index (κ2) is 8.08. The van der Waals surface area contributed by atoms with E-state index in [-0.39, 0.29) is 5.82 Å². The molecule has 1 heterocycles. The maximum Gasteiger partial charge on any atom is 0.196 e. The maximum absolute atomic E-state index is 13.3. The third-order valence-corrected chi connectivity index (χ3v) is 4.31. The van der Waals surface area contributed by atoms with Gasteiger partial charge in [0.05, 0.1) is 6.61 Å². The van der Waals surface area contributed by atoms with Crippen molar-refractivity contribution in [1.82, 2.24) is 14.8 Å². The predicted octanol–water partition coefficient (Wildman–Crippen LogP) is 4.20. The van der Waals surface area contributed by atoms with Crippen molar-refractivity contribution in [1.29, 1.82) is 0 Å². The van der Waals surface area contributed by atoms with Crippen molar-refractivity contribution in [2.24, 2.45) is 0 Å². The summed E-state index contributed by atoms with van der Waals surface area (Å²) in [4.78, 5) is 0. The molecular formula is C18H18FN3OS. The Morgan fingerprint density at radius 2 is 1.79 bits per heavy atom. The molecule has 2 aromatic carbocycles. The summed E-state index contributed by atoms with van der Waals surface area (Å²) >= 11 is 1.57. The van der Waals surface area contributed by atoms with E-state index in [0.29, 0.717) is 13.2 Å². The monoisotopic (exact) mass is 343 g/mol. The van der Waals surface area contributed by atoms with Gasteiger partial charge in [0, 0.05) is 23.6 Å². The van der Waals surface area contributed by atoms with Gasteiger partial charge in [-0.3, -0.25) is 4.57 Å². The minimum atomic E-state index is -0.265. The molecule has 0 atom stereocenters. The molecular weight excluding hydrogens is 325 g/mol. The van der Waals surface area contributed by atoms with Gasteiger partial charge in [-0.05, 0) is 31.2 Å². The smallest absolute Gasteiger partial charge is 0.196 e. The van der Waals surface area contributed by atoms with Crippen LogP contribution in [-0.2, 0) is 4.74 Å². The number of ether oxygens (including phenoxy) is 1. The number of rotatable bonds is 7. The number of nitrogens with zero attached hydrogens (tertiary/aromatic N) is 3. The summed E-state index contributed by atoms with van der Waals surface area (Å²) in [6.45, 7) is 3.32. The van der Waals surface area contributed by atoms with Crippen LogP contribution in [0.4, 0.5) is 4.39 Å². The molecule has 3 rings (SSSR count). The summed E-state index contributed by atoms with van der Waals surface area (Å²) in [6.07, 6.45) is 0. The Hall–Kier alpha value is -2.18. The standard InChI is InChI=1S/C18H18FN3OS/c1-2-23-12-13-24-18-21-20-17(14-6-4-3-5-7-14)22(18)16-10-8-15(19)9-11-16/h3-11H,2,12-13H2,1H3. The molecule has 3 aromatic rings. The van der Waals surface area contributed by atoms with Gasteiger partial charge in [0.1, 0.15) is 5.82 Å². The highest BCUT2D eigenvalue weighted by Crippen LogP contribution is 2.27. The first-order valence-electron chi connectivity index (χ1n) is 7.77. The summed E-state index contributed by atoms with van der Waals surface area (Å²) < 4.78 is 20.6. The highest BCUT2D eigenvalue weighted by Gasteiger charge is 2.15. The molecule has 0 bridgehead atoms. The second-order valence-corrected chi connectivity index (χ2v) is 6.09. The van der Waals surface area contributed by atoms with Crippen LogP contribution in [0.2, 0.25) is 0 Å². The number of benzene rings is 2. The lowest BCUT2D eigenvalue weighted by atomic mass is 10.2. The zero-order chi connectivity index (χ0) is 16.8. The fourth-order valence-electron chi connectivity index (χ4n) is 2.30. The first-order chi connectivity index (χ1) is 11.8. The lowest BCUT2D eigenvalue weighted by Crippen LogP contribution is -2.02. The molecule has 124 valence electrons. The van der Waals surface area contributed by atoms with E-state index in [2.05, 4.69) is 10.2 Å². The lowest BCUT2D eigenvalue weighted by Gasteiger charge is -2.10. The van der Waals surface area contributed by atoms with Gasteiger partial charge >= 0.3 is 0 Å². The van der Waals surface area contributed by atoms with Gasteiger partial charge in [0.2, 0.25) is 0 Å². The van der Waals surface area contributed by atoms with Crippen molar-refractivity contribution in [3.8, 4) is 17.1 Å². The van der Waals surface area contributed by atoms with Gasteiger partial charge in [-0.15, -0.1) is 10.2 Å². The van der Waals surface area contributed by atoms with Crippen molar-refractivity contribution >= 4 is 11.8 Å². The van der Waals surface area contributed by atoms with Crippen LogP contribution in [0.15, 0.2) is 59.8 Å². The average molecular weight is 343 g/mol. The van der Waals surface area contributed by atoms with E-state index in [0.717, 1.165) is 28.0 Å². The molecule has 0 spiro atoms. The minimum absolute atomic E-state index is 0.265. The van der Waals surface area contributed by atoms with E-state index in [4.69, 9.17) is 4.74 Å². The molecule has 1 aromatic heterocycles. The molecule has 4 nitrogen and oxygen atoms in total.